The number of rotatable bonds is 4. The standard InChI is InChI=1S/C13H17N3O4S/c1-14-12-7-11(16(17)18)4-5-13(12)21(19,20)15-8-9-2-3-10(15)6-9/h4-5,7,9-10,14H,2-3,6,8H2,1H3. The lowest BCUT2D eigenvalue weighted by atomic mass is 10.1. The van der Waals surface area contributed by atoms with Gasteiger partial charge in [0.2, 0.25) is 10.0 Å². The Morgan fingerprint density at radius 1 is 1.38 bits per heavy atom. The van der Waals surface area contributed by atoms with E-state index in [0.29, 0.717) is 12.5 Å². The van der Waals surface area contributed by atoms with Crippen LogP contribution in [0.3, 0.4) is 0 Å². The summed E-state index contributed by atoms with van der Waals surface area (Å²) in [4.78, 5) is 10.4. The van der Waals surface area contributed by atoms with E-state index in [2.05, 4.69) is 5.32 Å². The molecule has 7 nitrogen and oxygen atoms in total. The maximum absolute atomic E-state index is 12.8. The van der Waals surface area contributed by atoms with Crippen molar-refractivity contribution >= 4 is 21.4 Å². The van der Waals surface area contributed by atoms with Gasteiger partial charge in [0.25, 0.3) is 5.69 Å². The molecule has 2 atom stereocenters. The van der Waals surface area contributed by atoms with Crippen LogP contribution in [0.2, 0.25) is 0 Å². The lowest BCUT2D eigenvalue weighted by Crippen LogP contribution is -2.37. The van der Waals surface area contributed by atoms with Gasteiger partial charge in [-0.1, -0.05) is 0 Å². The summed E-state index contributed by atoms with van der Waals surface area (Å²) < 4.78 is 27.2. The van der Waals surface area contributed by atoms with Crippen LogP contribution < -0.4 is 5.32 Å². The summed E-state index contributed by atoms with van der Waals surface area (Å²) in [5.41, 5.74) is 0.146. The molecule has 1 aromatic rings. The third-order valence-electron chi connectivity index (χ3n) is 4.39. The molecule has 2 unspecified atom stereocenters. The van der Waals surface area contributed by atoms with Gasteiger partial charge in [-0.15, -0.1) is 0 Å². The minimum Gasteiger partial charge on any atom is -0.387 e. The van der Waals surface area contributed by atoms with E-state index < -0.39 is 14.9 Å². The van der Waals surface area contributed by atoms with Crippen molar-refractivity contribution in [2.75, 3.05) is 18.9 Å². The van der Waals surface area contributed by atoms with Crippen molar-refractivity contribution in [3.8, 4) is 0 Å². The number of hydrogen-bond donors (Lipinski definition) is 1. The molecule has 1 heterocycles. The zero-order chi connectivity index (χ0) is 15.2. The first-order valence-electron chi connectivity index (χ1n) is 6.91. The Labute approximate surface area is 123 Å². The molecule has 1 aliphatic carbocycles. The van der Waals surface area contributed by atoms with Gasteiger partial charge in [0.1, 0.15) is 4.90 Å². The van der Waals surface area contributed by atoms with Crippen LogP contribution in [0.5, 0.6) is 0 Å². The Balaban J connectivity index is 2.01. The van der Waals surface area contributed by atoms with E-state index in [0.717, 1.165) is 19.3 Å². The molecule has 0 spiro atoms. The van der Waals surface area contributed by atoms with Crippen LogP contribution in [0, 0.1) is 16.0 Å². The van der Waals surface area contributed by atoms with Crippen molar-refractivity contribution in [3.63, 3.8) is 0 Å². The van der Waals surface area contributed by atoms with Crippen LogP contribution in [0.1, 0.15) is 19.3 Å². The first-order valence-corrected chi connectivity index (χ1v) is 8.35. The summed E-state index contributed by atoms with van der Waals surface area (Å²) in [6, 6.07) is 3.91. The fourth-order valence-electron chi connectivity index (χ4n) is 3.35. The lowest BCUT2D eigenvalue weighted by Gasteiger charge is -2.26. The Kier molecular flexibility index (Phi) is 3.37. The maximum atomic E-state index is 12.8. The van der Waals surface area contributed by atoms with Crippen molar-refractivity contribution in [2.24, 2.45) is 5.92 Å². The predicted octanol–water partition coefficient (Wildman–Crippen LogP) is 1.81. The average molecular weight is 311 g/mol. The Bertz CT molecular complexity index is 689. The topological polar surface area (TPSA) is 92.5 Å². The molecule has 1 aromatic carbocycles. The number of fused-ring (bicyclic) bond motifs is 2. The highest BCUT2D eigenvalue weighted by Gasteiger charge is 2.44. The summed E-state index contributed by atoms with van der Waals surface area (Å²) >= 11 is 0. The number of sulfonamides is 1. The van der Waals surface area contributed by atoms with Gasteiger partial charge in [0, 0.05) is 31.8 Å². The van der Waals surface area contributed by atoms with E-state index >= 15 is 0 Å². The lowest BCUT2D eigenvalue weighted by molar-refractivity contribution is -0.384. The maximum Gasteiger partial charge on any atom is 0.271 e. The van der Waals surface area contributed by atoms with Gasteiger partial charge in [-0.25, -0.2) is 8.42 Å². The van der Waals surface area contributed by atoms with Gasteiger partial charge in [0.05, 0.1) is 10.6 Å². The molecule has 114 valence electrons. The molecular weight excluding hydrogens is 294 g/mol. The molecular formula is C13H17N3O4S. The largest absolute Gasteiger partial charge is 0.387 e. The summed E-state index contributed by atoms with van der Waals surface area (Å²) in [7, 11) is -2.04. The molecule has 3 rings (SSSR count). The molecule has 0 radical (unpaired) electrons. The van der Waals surface area contributed by atoms with E-state index in [4.69, 9.17) is 0 Å². The quantitative estimate of drug-likeness (QED) is 0.676. The van der Waals surface area contributed by atoms with Crippen LogP contribution >= 0.6 is 0 Å². The minimum absolute atomic E-state index is 0.0832. The Morgan fingerprint density at radius 3 is 2.67 bits per heavy atom. The van der Waals surface area contributed by atoms with Crippen LogP contribution in [0.15, 0.2) is 23.1 Å². The number of anilines is 1. The molecule has 0 amide bonds. The number of non-ortho nitro benzene ring substituents is 1. The van der Waals surface area contributed by atoms with Crippen LogP contribution in [0.25, 0.3) is 0 Å². The third-order valence-corrected chi connectivity index (χ3v) is 6.37. The smallest absolute Gasteiger partial charge is 0.271 e. The number of piperidine rings is 1. The summed E-state index contributed by atoms with van der Waals surface area (Å²) in [5, 5.41) is 13.6. The number of nitro groups is 1. The van der Waals surface area contributed by atoms with E-state index in [1.54, 1.807) is 11.4 Å². The second kappa shape index (κ2) is 4.96. The molecule has 2 fully saturated rings. The first kappa shape index (κ1) is 14.3. The molecule has 0 aromatic heterocycles. The number of hydrogen-bond acceptors (Lipinski definition) is 5. The fourth-order valence-corrected chi connectivity index (χ4v) is 5.27. The Morgan fingerprint density at radius 2 is 2.14 bits per heavy atom. The van der Waals surface area contributed by atoms with Crippen LogP contribution in [-0.2, 0) is 10.0 Å². The van der Waals surface area contributed by atoms with E-state index in [9.17, 15) is 18.5 Å². The number of benzene rings is 1. The van der Waals surface area contributed by atoms with E-state index in [-0.39, 0.29) is 22.3 Å². The van der Waals surface area contributed by atoms with Gasteiger partial charge >= 0.3 is 0 Å². The van der Waals surface area contributed by atoms with Gasteiger partial charge in [-0.05, 0) is 31.2 Å². The van der Waals surface area contributed by atoms with Crippen molar-refractivity contribution in [2.45, 2.75) is 30.2 Å². The van der Waals surface area contributed by atoms with Gasteiger partial charge in [0.15, 0.2) is 0 Å². The van der Waals surface area contributed by atoms with Gasteiger partial charge in [-0.2, -0.15) is 4.31 Å². The second-order valence-electron chi connectivity index (χ2n) is 5.60. The highest BCUT2D eigenvalue weighted by atomic mass is 32.2. The molecule has 21 heavy (non-hydrogen) atoms. The first-order chi connectivity index (χ1) is 9.93. The molecule has 2 aliphatic rings. The normalized spacial score (nSPS) is 25.2. The average Bonchev–Trinajstić information content (AvgIpc) is 3.09. The van der Waals surface area contributed by atoms with E-state index in [1.165, 1.54) is 18.2 Å². The SMILES string of the molecule is CNc1cc([N+](=O)[O-])ccc1S(=O)(=O)N1CC2CCC1C2. The summed E-state index contributed by atoms with van der Waals surface area (Å²) in [5.74, 6) is 0.459. The molecule has 1 saturated heterocycles. The van der Waals surface area contributed by atoms with Crippen molar-refractivity contribution in [3.05, 3.63) is 28.3 Å². The predicted molar refractivity (Wildman–Crippen MR) is 77.7 cm³/mol. The van der Waals surface area contributed by atoms with Crippen LogP contribution in [-0.4, -0.2) is 37.3 Å². The monoisotopic (exact) mass is 311 g/mol. The van der Waals surface area contributed by atoms with E-state index in [1.807, 2.05) is 0 Å². The summed E-state index contributed by atoms with van der Waals surface area (Å²) in [6.45, 7) is 0.563. The number of nitro benzene ring substituents is 1. The zero-order valence-corrected chi connectivity index (χ0v) is 12.5. The minimum atomic E-state index is -3.61. The van der Waals surface area contributed by atoms with Crippen molar-refractivity contribution in [1.82, 2.24) is 4.31 Å². The molecule has 1 saturated carbocycles. The van der Waals surface area contributed by atoms with Crippen molar-refractivity contribution < 1.29 is 13.3 Å². The number of nitrogens with zero attached hydrogens (tertiary/aromatic N) is 2. The molecule has 2 bridgehead atoms. The fraction of sp³-hybridized carbons (Fsp3) is 0.538. The van der Waals surface area contributed by atoms with Gasteiger partial charge in [-0.3, -0.25) is 10.1 Å². The molecule has 1 N–H and O–H groups in total. The van der Waals surface area contributed by atoms with Crippen LogP contribution in [0.4, 0.5) is 11.4 Å². The highest BCUT2D eigenvalue weighted by Crippen LogP contribution is 2.41. The molecule has 8 heteroatoms. The molecule has 1 aliphatic heterocycles. The second-order valence-corrected chi connectivity index (χ2v) is 7.45. The zero-order valence-electron chi connectivity index (χ0n) is 11.7. The third kappa shape index (κ3) is 2.28. The highest BCUT2D eigenvalue weighted by molar-refractivity contribution is 7.89. The van der Waals surface area contributed by atoms with Gasteiger partial charge < -0.3 is 5.32 Å². The number of nitrogens with one attached hydrogen (secondary N) is 1. The summed E-state index contributed by atoms with van der Waals surface area (Å²) in [6.07, 6.45) is 2.93. The Hall–Kier alpha value is -1.67. The van der Waals surface area contributed by atoms with Crippen molar-refractivity contribution in [1.29, 1.82) is 0 Å².